The third kappa shape index (κ3) is 2.11. The number of hydrogen-bond acceptors (Lipinski definition) is 3. The maximum absolute atomic E-state index is 13.2. The highest BCUT2D eigenvalue weighted by molar-refractivity contribution is 6.12. The molecule has 2 aromatic carbocycles. The first-order chi connectivity index (χ1) is 11.3. The maximum atomic E-state index is 13.2. The van der Waals surface area contributed by atoms with Gasteiger partial charge in [-0.15, -0.1) is 0 Å². The lowest BCUT2D eigenvalue weighted by Gasteiger charge is -2.24. The number of rotatable bonds is 2. The van der Waals surface area contributed by atoms with E-state index in [0.29, 0.717) is 5.69 Å². The van der Waals surface area contributed by atoms with Gasteiger partial charge in [0.15, 0.2) is 5.60 Å². The van der Waals surface area contributed by atoms with Gasteiger partial charge < -0.3 is 14.9 Å². The molecule has 0 fully saturated rings. The number of benzene rings is 2. The SMILES string of the molecule is CN(C)C(=O)c1cccc2c1C(O)(c1ccc(F)cc1)C(=O)N2C. The van der Waals surface area contributed by atoms with Gasteiger partial charge in [0.2, 0.25) is 0 Å². The van der Waals surface area contributed by atoms with E-state index in [1.807, 2.05) is 0 Å². The Balaban J connectivity index is 2.30. The molecule has 0 radical (unpaired) electrons. The van der Waals surface area contributed by atoms with Crippen molar-refractivity contribution in [3.05, 3.63) is 65.0 Å². The molecule has 1 aliphatic rings. The minimum Gasteiger partial charge on any atom is -0.372 e. The number of carbonyl (C=O) groups is 2. The van der Waals surface area contributed by atoms with Crippen LogP contribution < -0.4 is 4.90 Å². The van der Waals surface area contributed by atoms with Crippen LogP contribution >= 0.6 is 0 Å². The van der Waals surface area contributed by atoms with E-state index in [1.165, 1.54) is 41.1 Å². The highest BCUT2D eigenvalue weighted by Crippen LogP contribution is 2.45. The summed E-state index contributed by atoms with van der Waals surface area (Å²) in [5.74, 6) is -1.38. The molecule has 1 N–H and O–H groups in total. The predicted molar refractivity (Wildman–Crippen MR) is 87.3 cm³/mol. The fourth-order valence-corrected chi connectivity index (χ4v) is 3.04. The van der Waals surface area contributed by atoms with Crippen LogP contribution in [0, 0.1) is 5.82 Å². The Hall–Kier alpha value is -2.73. The van der Waals surface area contributed by atoms with Crippen molar-refractivity contribution in [3.8, 4) is 0 Å². The lowest BCUT2D eigenvalue weighted by molar-refractivity contribution is -0.131. The molecule has 1 atom stereocenters. The second-order valence-electron chi connectivity index (χ2n) is 5.98. The van der Waals surface area contributed by atoms with Gasteiger partial charge in [0.25, 0.3) is 11.8 Å². The summed E-state index contributed by atoms with van der Waals surface area (Å²) in [7, 11) is 4.73. The Morgan fingerprint density at radius 1 is 1.17 bits per heavy atom. The molecule has 5 nitrogen and oxygen atoms in total. The summed E-state index contributed by atoms with van der Waals surface area (Å²) in [4.78, 5) is 28.0. The summed E-state index contributed by atoms with van der Waals surface area (Å²) < 4.78 is 13.2. The second kappa shape index (κ2) is 5.42. The van der Waals surface area contributed by atoms with Crippen molar-refractivity contribution >= 4 is 17.5 Å². The first kappa shape index (κ1) is 16.1. The molecule has 0 saturated carbocycles. The van der Waals surface area contributed by atoms with Gasteiger partial charge in [-0.1, -0.05) is 18.2 Å². The zero-order chi connectivity index (χ0) is 17.6. The number of fused-ring (bicyclic) bond motifs is 1. The molecule has 3 rings (SSSR count). The van der Waals surface area contributed by atoms with E-state index in [9.17, 15) is 19.1 Å². The highest BCUT2D eigenvalue weighted by atomic mass is 19.1. The molecule has 1 heterocycles. The molecule has 1 aliphatic heterocycles. The Morgan fingerprint density at radius 3 is 2.38 bits per heavy atom. The molecule has 2 amide bonds. The molecule has 0 bridgehead atoms. The van der Waals surface area contributed by atoms with Gasteiger partial charge in [-0.2, -0.15) is 0 Å². The Kier molecular flexibility index (Phi) is 3.64. The van der Waals surface area contributed by atoms with Gasteiger partial charge in [0.05, 0.1) is 5.69 Å². The summed E-state index contributed by atoms with van der Waals surface area (Å²) >= 11 is 0. The van der Waals surface area contributed by atoms with Crippen LogP contribution in [0.4, 0.5) is 10.1 Å². The van der Waals surface area contributed by atoms with Gasteiger partial charge in [-0.25, -0.2) is 4.39 Å². The quantitative estimate of drug-likeness (QED) is 0.913. The van der Waals surface area contributed by atoms with Gasteiger partial charge >= 0.3 is 0 Å². The molecular weight excluding hydrogens is 311 g/mol. The van der Waals surface area contributed by atoms with Crippen molar-refractivity contribution in [1.82, 2.24) is 4.90 Å². The molecule has 124 valence electrons. The average Bonchev–Trinajstić information content (AvgIpc) is 2.77. The Bertz CT molecular complexity index is 833. The average molecular weight is 328 g/mol. The van der Waals surface area contributed by atoms with Crippen LogP contribution in [0.2, 0.25) is 0 Å². The zero-order valence-electron chi connectivity index (χ0n) is 13.6. The number of carbonyl (C=O) groups excluding carboxylic acids is 2. The van der Waals surface area contributed by atoms with E-state index in [2.05, 4.69) is 0 Å². The zero-order valence-corrected chi connectivity index (χ0v) is 13.6. The van der Waals surface area contributed by atoms with Gasteiger partial charge in [-0.05, 0) is 29.8 Å². The summed E-state index contributed by atoms with van der Waals surface area (Å²) in [6, 6.07) is 9.96. The van der Waals surface area contributed by atoms with Crippen molar-refractivity contribution in [2.45, 2.75) is 5.60 Å². The molecular formula is C18H17FN2O3. The van der Waals surface area contributed by atoms with E-state index in [0.717, 1.165) is 0 Å². The number of hydrogen-bond donors (Lipinski definition) is 1. The lowest BCUT2D eigenvalue weighted by atomic mass is 9.84. The van der Waals surface area contributed by atoms with E-state index in [4.69, 9.17) is 0 Å². The fraction of sp³-hybridized carbons (Fsp3) is 0.222. The van der Waals surface area contributed by atoms with E-state index < -0.39 is 17.3 Å². The third-order valence-corrected chi connectivity index (χ3v) is 4.28. The van der Waals surface area contributed by atoms with Crippen LogP contribution in [0.25, 0.3) is 0 Å². The van der Waals surface area contributed by atoms with Crippen LogP contribution in [-0.4, -0.2) is 43.0 Å². The predicted octanol–water partition coefficient (Wildman–Crippen LogP) is 1.74. The molecule has 24 heavy (non-hydrogen) atoms. The van der Waals surface area contributed by atoms with Crippen LogP contribution in [0.15, 0.2) is 42.5 Å². The standard InChI is InChI=1S/C18H17FN2O3/c1-20(2)16(22)13-5-4-6-14-15(13)18(24,17(23)21(14)3)11-7-9-12(19)10-8-11/h4-10,24H,1-3H3. The molecule has 0 aliphatic carbocycles. The summed E-state index contributed by atoms with van der Waals surface area (Å²) in [6.45, 7) is 0. The van der Waals surface area contributed by atoms with Crippen molar-refractivity contribution in [3.63, 3.8) is 0 Å². The number of nitrogens with zero attached hydrogens (tertiary/aromatic N) is 2. The van der Waals surface area contributed by atoms with Crippen molar-refractivity contribution in [2.75, 3.05) is 26.0 Å². The molecule has 6 heteroatoms. The lowest BCUT2D eigenvalue weighted by Crippen LogP contribution is -2.40. The monoisotopic (exact) mass is 328 g/mol. The normalized spacial score (nSPS) is 19.4. The van der Waals surface area contributed by atoms with Gasteiger partial charge in [-0.3, -0.25) is 9.59 Å². The van der Waals surface area contributed by atoms with Crippen molar-refractivity contribution < 1.29 is 19.1 Å². The number of likely N-dealkylation sites (N-methyl/N-ethyl adjacent to an activating group) is 1. The minimum atomic E-state index is -2.03. The number of halogens is 1. The van der Waals surface area contributed by atoms with E-state index >= 15 is 0 Å². The first-order valence-corrected chi connectivity index (χ1v) is 7.40. The van der Waals surface area contributed by atoms with E-state index in [1.54, 1.807) is 32.3 Å². The third-order valence-electron chi connectivity index (χ3n) is 4.28. The largest absolute Gasteiger partial charge is 0.372 e. The van der Waals surface area contributed by atoms with Crippen LogP contribution in [0.5, 0.6) is 0 Å². The molecule has 0 saturated heterocycles. The van der Waals surface area contributed by atoms with Crippen molar-refractivity contribution in [2.24, 2.45) is 0 Å². The number of amides is 2. The van der Waals surface area contributed by atoms with Crippen molar-refractivity contribution in [1.29, 1.82) is 0 Å². The van der Waals surface area contributed by atoms with Crippen LogP contribution in [0.3, 0.4) is 0 Å². The highest BCUT2D eigenvalue weighted by Gasteiger charge is 2.52. The first-order valence-electron chi connectivity index (χ1n) is 7.40. The van der Waals surface area contributed by atoms with Crippen LogP contribution in [-0.2, 0) is 10.4 Å². The van der Waals surface area contributed by atoms with Gasteiger partial charge in [0.1, 0.15) is 5.82 Å². The minimum absolute atomic E-state index is 0.221. The van der Waals surface area contributed by atoms with E-state index in [-0.39, 0.29) is 22.6 Å². The molecule has 2 aromatic rings. The molecule has 0 aromatic heterocycles. The fourth-order valence-electron chi connectivity index (χ4n) is 3.04. The second-order valence-corrected chi connectivity index (χ2v) is 5.98. The smallest absolute Gasteiger partial charge is 0.268 e. The maximum Gasteiger partial charge on any atom is 0.268 e. The summed E-state index contributed by atoms with van der Waals surface area (Å²) in [5.41, 5.74) is -0.886. The van der Waals surface area contributed by atoms with Gasteiger partial charge in [0, 0.05) is 32.3 Å². The molecule has 0 spiro atoms. The number of anilines is 1. The number of aliphatic hydroxyl groups is 1. The topological polar surface area (TPSA) is 60.9 Å². The Labute approximate surface area is 138 Å². The van der Waals surface area contributed by atoms with Crippen LogP contribution in [0.1, 0.15) is 21.5 Å². The Morgan fingerprint density at radius 2 is 1.79 bits per heavy atom. The summed E-state index contributed by atoms with van der Waals surface area (Å²) in [5, 5.41) is 11.3. The summed E-state index contributed by atoms with van der Waals surface area (Å²) in [6.07, 6.45) is 0. The molecule has 1 unspecified atom stereocenters.